The highest BCUT2D eigenvalue weighted by Gasteiger charge is 2.15. The molecular formula is C11H12Cl2O5S. The van der Waals surface area contributed by atoms with Gasteiger partial charge in [0.05, 0.1) is 22.2 Å². The molecule has 0 radical (unpaired) electrons. The number of thiophene rings is 1. The Kier molecular flexibility index (Phi) is 8.38. The van der Waals surface area contributed by atoms with E-state index in [1.807, 2.05) is 0 Å². The molecule has 0 unspecified atom stereocenters. The zero-order valence-electron chi connectivity index (χ0n) is 10.0. The SMILES string of the molecule is CCOC(=O)OC(=O)CCC(=O)c1ccc(Cl)s1.Cl. The predicted octanol–water partition coefficient (Wildman–Crippen LogP) is 3.49. The average molecular weight is 327 g/mol. The molecule has 0 saturated heterocycles. The number of hydrogen-bond donors (Lipinski definition) is 0. The number of ketones is 1. The lowest BCUT2D eigenvalue weighted by molar-refractivity contribution is -0.139. The molecule has 0 aliphatic carbocycles. The van der Waals surface area contributed by atoms with Crippen LogP contribution in [0.15, 0.2) is 12.1 Å². The fraction of sp³-hybridized carbons (Fsp3) is 0.364. The Bertz CT molecular complexity index is 458. The van der Waals surface area contributed by atoms with Crippen molar-refractivity contribution in [2.45, 2.75) is 19.8 Å². The minimum absolute atomic E-state index is 0. The Balaban J connectivity index is 0.00000324. The van der Waals surface area contributed by atoms with Gasteiger partial charge >= 0.3 is 12.1 Å². The summed E-state index contributed by atoms with van der Waals surface area (Å²) in [5, 5.41) is 0. The number of ether oxygens (including phenoxy) is 2. The molecule has 0 amide bonds. The van der Waals surface area contributed by atoms with Crippen LogP contribution in [0.1, 0.15) is 29.4 Å². The molecular weight excluding hydrogens is 315 g/mol. The van der Waals surface area contributed by atoms with Crippen molar-refractivity contribution >= 4 is 53.3 Å². The third-order valence-corrected chi connectivity index (χ3v) is 3.14. The molecule has 0 N–H and O–H groups in total. The molecule has 1 rings (SSSR count). The van der Waals surface area contributed by atoms with Gasteiger partial charge in [0.1, 0.15) is 0 Å². The molecule has 0 bridgehead atoms. The zero-order chi connectivity index (χ0) is 13.5. The molecule has 0 aromatic carbocycles. The Morgan fingerprint density at radius 3 is 2.47 bits per heavy atom. The van der Waals surface area contributed by atoms with Crippen LogP contribution in [0.5, 0.6) is 0 Å². The maximum absolute atomic E-state index is 11.6. The summed E-state index contributed by atoms with van der Waals surface area (Å²) in [5.41, 5.74) is 0. The third-order valence-electron chi connectivity index (χ3n) is 1.86. The van der Waals surface area contributed by atoms with E-state index in [1.165, 1.54) is 0 Å². The predicted molar refractivity (Wildman–Crippen MR) is 73.3 cm³/mol. The van der Waals surface area contributed by atoms with Gasteiger partial charge in [-0.3, -0.25) is 9.59 Å². The van der Waals surface area contributed by atoms with Crippen LogP contribution >= 0.6 is 35.3 Å². The first-order valence-electron chi connectivity index (χ1n) is 5.19. The Hall–Kier alpha value is -1.11. The first kappa shape index (κ1) is 17.9. The van der Waals surface area contributed by atoms with Gasteiger partial charge < -0.3 is 9.47 Å². The maximum atomic E-state index is 11.6. The number of hydrogen-bond acceptors (Lipinski definition) is 6. The summed E-state index contributed by atoms with van der Waals surface area (Å²) in [6.45, 7) is 1.72. The normalized spacial score (nSPS) is 9.37. The van der Waals surface area contributed by atoms with Crippen LogP contribution in [0, 0.1) is 0 Å². The quantitative estimate of drug-likeness (QED) is 0.470. The van der Waals surface area contributed by atoms with Crippen LogP contribution in [0.4, 0.5) is 4.79 Å². The summed E-state index contributed by atoms with van der Waals surface area (Å²) in [6.07, 6.45) is -1.25. The molecule has 0 atom stereocenters. The lowest BCUT2D eigenvalue weighted by Gasteiger charge is -2.01. The highest BCUT2D eigenvalue weighted by Crippen LogP contribution is 2.22. The maximum Gasteiger partial charge on any atom is 0.516 e. The largest absolute Gasteiger partial charge is 0.516 e. The molecule has 1 aromatic rings. The second-order valence-electron chi connectivity index (χ2n) is 3.18. The highest BCUT2D eigenvalue weighted by atomic mass is 35.5. The van der Waals surface area contributed by atoms with E-state index in [2.05, 4.69) is 9.47 Å². The van der Waals surface area contributed by atoms with Crippen LogP contribution in [0.25, 0.3) is 0 Å². The van der Waals surface area contributed by atoms with Crippen LogP contribution in [0.3, 0.4) is 0 Å². The second kappa shape index (κ2) is 8.90. The van der Waals surface area contributed by atoms with E-state index in [4.69, 9.17) is 11.6 Å². The molecule has 5 nitrogen and oxygen atoms in total. The van der Waals surface area contributed by atoms with Gasteiger partial charge in [0.2, 0.25) is 0 Å². The molecule has 0 saturated carbocycles. The summed E-state index contributed by atoms with van der Waals surface area (Å²) in [4.78, 5) is 34.1. The molecule has 1 aromatic heterocycles. The molecule has 19 heavy (non-hydrogen) atoms. The van der Waals surface area contributed by atoms with Crippen molar-refractivity contribution in [2.24, 2.45) is 0 Å². The van der Waals surface area contributed by atoms with Gasteiger partial charge in [-0.2, -0.15) is 0 Å². The van der Waals surface area contributed by atoms with Gasteiger partial charge in [0.25, 0.3) is 0 Å². The van der Waals surface area contributed by atoms with Gasteiger partial charge in [-0.05, 0) is 19.1 Å². The van der Waals surface area contributed by atoms with Crippen molar-refractivity contribution in [3.05, 3.63) is 21.3 Å². The molecule has 8 heteroatoms. The lowest BCUT2D eigenvalue weighted by Crippen LogP contribution is -2.14. The van der Waals surface area contributed by atoms with E-state index >= 15 is 0 Å². The summed E-state index contributed by atoms with van der Waals surface area (Å²) in [7, 11) is 0. The molecule has 0 spiro atoms. The fourth-order valence-corrected chi connectivity index (χ4v) is 2.10. The zero-order valence-corrected chi connectivity index (χ0v) is 12.4. The second-order valence-corrected chi connectivity index (χ2v) is 4.90. The molecule has 1 heterocycles. The van der Waals surface area contributed by atoms with E-state index < -0.39 is 12.1 Å². The Morgan fingerprint density at radius 2 is 1.95 bits per heavy atom. The smallest absolute Gasteiger partial charge is 0.434 e. The monoisotopic (exact) mass is 326 g/mol. The summed E-state index contributed by atoms with van der Waals surface area (Å²) in [5.74, 6) is -1.00. The van der Waals surface area contributed by atoms with Gasteiger partial charge in [0.15, 0.2) is 5.78 Å². The number of carbonyl (C=O) groups is 3. The number of esters is 1. The molecule has 0 aliphatic rings. The van der Waals surface area contributed by atoms with E-state index in [0.717, 1.165) is 11.3 Å². The van der Waals surface area contributed by atoms with E-state index in [1.54, 1.807) is 19.1 Å². The average Bonchev–Trinajstić information content (AvgIpc) is 2.73. The van der Waals surface area contributed by atoms with Crippen LogP contribution in [-0.4, -0.2) is 24.5 Å². The van der Waals surface area contributed by atoms with Crippen LogP contribution < -0.4 is 0 Å². The highest BCUT2D eigenvalue weighted by molar-refractivity contribution is 7.18. The van der Waals surface area contributed by atoms with E-state index in [-0.39, 0.29) is 37.6 Å². The van der Waals surface area contributed by atoms with E-state index in [0.29, 0.717) is 9.21 Å². The molecule has 106 valence electrons. The van der Waals surface area contributed by atoms with Crippen molar-refractivity contribution in [3.8, 4) is 0 Å². The van der Waals surface area contributed by atoms with Crippen LogP contribution in [-0.2, 0) is 14.3 Å². The van der Waals surface area contributed by atoms with Crippen LogP contribution in [0.2, 0.25) is 4.34 Å². The number of carbonyl (C=O) groups excluding carboxylic acids is 3. The number of halogens is 2. The minimum Gasteiger partial charge on any atom is -0.434 e. The van der Waals surface area contributed by atoms with Crippen molar-refractivity contribution in [1.29, 1.82) is 0 Å². The van der Waals surface area contributed by atoms with Gasteiger partial charge in [0, 0.05) is 6.42 Å². The minimum atomic E-state index is -1.05. The summed E-state index contributed by atoms with van der Waals surface area (Å²) in [6, 6.07) is 3.20. The topological polar surface area (TPSA) is 69.7 Å². The molecule has 0 fully saturated rings. The first-order valence-corrected chi connectivity index (χ1v) is 6.38. The van der Waals surface area contributed by atoms with Gasteiger partial charge in [-0.15, -0.1) is 23.7 Å². The van der Waals surface area contributed by atoms with E-state index in [9.17, 15) is 14.4 Å². The van der Waals surface area contributed by atoms with Crippen molar-refractivity contribution in [3.63, 3.8) is 0 Å². The first-order chi connectivity index (χ1) is 8.52. The third kappa shape index (κ3) is 6.56. The Morgan fingerprint density at radius 1 is 1.26 bits per heavy atom. The van der Waals surface area contributed by atoms with Crippen molar-refractivity contribution in [2.75, 3.05) is 6.61 Å². The molecule has 0 aliphatic heterocycles. The number of rotatable bonds is 5. The van der Waals surface area contributed by atoms with Crippen molar-refractivity contribution in [1.82, 2.24) is 0 Å². The van der Waals surface area contributed by atoms with Gasteiger partial charge in [-0.25, -0.2) is 4.79 Å². The standard InChI is InChI=1S/C11H11ClO5S.ClH/c1-2-16-11(15)17-10(14)6-3-7(13)8-4-5-9(12)18-8;/h4-5H,2-3,6H2,1H3;1H. The van der Waals surface area contributed by atoms with Crippen molar-refractivity contribution < 1.29 is 23.9 Å². The summed E-state index contributed by atoms with van der Waals surface area (Å²) < 4.78 is 9.24. The van der Waals surface area contributed by atoms with Gasteiger partial charge in [-0.1, -0.05) is 11.6 Å². The Labute approximate surface area is 125 Å². The lowest BCUT2D eigenvalue weighted by atomic mass is 10.2. The fourth-order valence-electron chi connectivity index (χ4n) is 1.09. The summed E-state index contributed by atoms with van der Waals surface area (Å²) >= 11 is 6.83. The number of Topliss-reactive ketones (excluding diaryl/α,β-unsaturated/α-hetero) is 1.